The molecular formula is C29H31ClN6O2. The lowest BCUT2D eigenvalue weighted by molar-refractivity contribution is -0.117. The molecule has 38 heavy (non-hydrogen) atoms. The van der Waals surface area contributed by atoms with Gasteiger partial charge in [0.1, 0.15) is 11.9 Å². The number of allylic oxidation sites excluding steroid dienone is 1. The topological polar surface area (TPSA) is 118 Å². The van der Waals surface area contributed by atoms with Crippen molar-refractivity contribution in [3.63, 3.8) is 0 Å². The molecule has 0 radical (unpaired) electrons. The van der Waals surface area contributed by atoms with Gasteiger partial charge in [0.15, 0.2) is 0 Å². The maximum Gasteiger partial charge on any atom is 0.245 e. The molecule has 0 aromatic heterocycles. The Balaban J connectivity index is 1.27. The van der Waals surface area contributed by atoms with Crippen LogP contribution in [0.3, 0.4) is 0 Å². The lowest BCUT2D eigenvalue weighted by Crippen LogP contribution is -2.36. The minimum atomic E-state index is -0.808. The first-order valence-corrected chi connectivity index (χ1v) is 12.6. The molecule has 0 spiro atoms. The molecule has 9 heteroatoms. The van der Waals surface area contributed by atoms with Gasteiger partial charge in [0.2, 0.25) is 5.91 Å². The number of aliphatic imine (C=N–C) groups is 1. The fourth-order valence-electron chi connectivity index (χ4n) is 3.87. The molecule has 0 saturated carbocycles. The largest absolute Gasteiger partial charge is 0.398 e. The van der Waals surface area contributed by atoms with Crippen molar-refractivity contribution >= 4 is 46.5 Å². The summed E-state index contributed by atoms with van der Waals surface area (Å²) >= 11 is 5.90. The molecule has 1 fully saturated rings. The number of benzene rings is 3. The summed E-state index contributed by atoms with van der Waals surface area (Å²) in [4.78, 5) is 19.1. The number of amides is 1. The van der Waals surface area contributed by atoms with Crippen LogP contribution in [0.4, 0.5) is 17.1 Å². The van der Waals surface area contributed by atoms with Gasteiger partial charge in [0.25, 0.3) is 0 Å². The van der Waals surface area contributed by atoms with Gasteiger partial charge >= 0.3 is 0 Å². The number of morpholine rings is 1. The minimum Gasteiger partial charge on any atom is -0.398 e. The van der Waals surface area contributed by atoms with Gasteiger partial charge in [0, 0.05) is 47.1 Å². The lowest BCUT2D eigenvalue weighted by Gasteiger charge is -2.28. The van der Waals surface area contributed by atoms with E-state index in [4.69, 9.17) is 27.8 Å². The maximum atomic E-state index is 12.5. The SMILES string of the molecule is C=C(/N=C\C=C(/N)c1ccc(NC(=O)C(N)c2ccc(Cl)cc2)cc1)Nc1ccc(N2CCOCC2)cc1. The van der Waals surface area contributed by atoms with Crippen LogP contribution in [0.5, 0.6) is 0 Å². The van der Waals surface area contributed by atoms with E-state index in [9.17, 15) is 4.79 Å². The number of rotatable bonds is 9. The molecule has 196 valence electrons. The van der Waals surface area contributed by atoms with E-state index < -0.39 is 6.04 Å². The number of anilines is 3. The second-order valence-electron chi connectivity index (χ2n) is 8.71. The highest BCUT2D eigenvalue weighted by Crippen LogP contribution is 2.21. The molecule has 1 heterocycles. The standard InChI is InChI=1S/C29H31ClN6O2/c1-20(34-24-10-12-26(13-11-24)36-16-18-38-19-17-36)33-15-14-27(31)21-4-8-25(9-5-21)35-29(37)28(32)22-2-6-23(30)7-3-22/h2-15,28,34H,1,16-19,31-32H2,(H,35,37)/b27-14-,33-15-. The third-order valence-corrected chi connectivity index (χ3v) is 6.27. The molecule has 4 rings (SSSR count). The Labute approximate surface area is 227 Å². The Kier molecular flexibility index (Phi) is 9.16. The summed E-state index contributed by atoms with van der Waals surface area (Å²) in [5, 5.41) is 6.57. The normalized spacial score (nSPS) is 14.8. The molecule has 8 nitrogen and oxygen atoms in total. The monoisotopic (exact) mass is 530 g/mol. The van der Waals surface area contributed by atoms with Crippen molar-refractivity contribution in [2.45, 2.75) is 6.04 Å². The predicted molar refractivity (Wildman–Crippen MR) is 156 cm³/mol. The van der Waals surface area contributed by atoms with Crippen molar-refractivity contribution < 1.29 is 9.53 Å². The molecule has 3 aromatic carbocycles. The minimum absolute atomic E-state index is 0.322. The van der Waals surface area contributed by atoms with Crippen molar-refractivity contribution in [1.82, 2.24) is 0 Å². The number of hydrogen-bond donors (Lipinski definition) is 4. The summed E-state index contributed by atoms with van der Waals surface area (Å²) in [6.07, 6.45) is 3.28. The summed E-state index contributed by atoms with van der Waals surface area (Å²) < 4.78 is 5.41. The van der Waals surface area contributed by atoms with Crippen LogP contribution >= 0.6 is 11.6 Å². The average Bonchev–Trinajstić information content (AvgIpc) is 2.94. The molecule has 1 atom stereocenters. The van der Waals surface area contributed by atoms with E-state index >= 15 is 0 Å². The lowest BCUT2D eigenvalue weighted by atomic mass is 10.1. The van der Waals surface area contributed by atoms with Crippen LogP contribution in [-0.4, -0.2) is 38.4 Å². The van der Waals surface area contributed by atoms with Crippen molar-refractivity contribution in [3.8, 4) is 0 Å². The average molecular weight is 531 g/mol. The van der Waals surface area contributed by atoms with Crippen molar-refractivity contribution in [2.24, 2.45) is 16.5 Å². The van der Waals surface area contributed by atoms with Crippen LogP contribution in [0.2, 0.25) is 5.02 Å². The van der Waals surface area contributed by atoms with Crippen molar-refractivity contribution in [2.75, 3.05) is 41.8 Å². The number of ether oxygens (including phenoxy) is 1. The number of nitrogens with two attached hydrogens (primary N) is 2. The Morgan fingerprint density at radius 2 is 1.58 bits per heavy atom. The second-order valence-corrected chi connectivity index (χ2v) is 9.15. The maximum absolute atomic E-state index is 12.5. The van der Waals surface area contributed by atoms with E-state index in [1.165, 1.54) is 5.69 Å². The molecule has 1 aliphatic rings. The quantitative estimate of drug-likeness (QED) is 0.296. The number of carbonyl (C=O) groups excluding carboxylic acids is 1. The highest BCUT2D eigenvalue weighted by atomic mass is 35.5. The summed E-state index contributed by atoms with van der Waals surface area (Å²) in [5.41, 5.74) is 16.9. The summed E-state index contributed by atoms with van der Waals surface area (Å²) in [7, 11) is 0. The smallest absolute Gasteiger partial charge is 0.245 e. The second kappa shape index (κ2) is 12.9. The molecule has 1 aliphatic heterocycles. The zero-order chi connectivity index (χ0) is 26.9. The first kappa shape index (κ1) is 26.9. The molecule has 6 N–H and O–H groups in total. The highest BCUT2D eigenvalue weighted by Gasteiger charge is 2.16. The Hall–Kier alpha value is -4.11. The van der Waals surface area contributed by atoms with Crippen molar-refractivity contribution in [3.05, 3.63) is 107 Å². The first-order chi connectivity index (χ1) is 18.4. The summed E-state index contributed by atoms with van der Waals surface area (Å²) in [6.45, 7) is 7.25. The fraction of sp³-hybridized carbons (Fsp3) is 0.172. The number of carbonyl (C=O) groups is 1. The predicted octanol–water partition coefficient (Wildman–Crippen LogP) is 4.77. The zero-order valence-corrected chi connectivity index (χ0v) is 21.7. The Morgan fingerprint density at radius 1 is 0.974 bits per heavy atom. The molecular weight excluding hydrogens is 500 g/mol. The van der Waals surface area contributed by atoms with Gasteiger partial charge in [0.05, 0.1) is 13.2 Å². The molecule has 1 unspecified atom stereocenters. The third-order valence-electron chi connectivity index (χ3n) is 6.01. The van der Waals surface area contributed by atoms with Gasteiger partial charge < -0.3 is 31.7 Å². The van der Waals surface area contributed by atoms with E-state index in [0.717, 1.165) is 37.6 Å². The molecule has 0 bridgehead atoms. The summed E-state index contributed by atoms with van der Waals surface area (Å²) in [5.74, 6) is 0.167. The third kappa shape index (κ3) is 7.45. The van der Waals surface area contributed by atoms with Crippen molar-refractivity contribution in [1.29, 1.82) is 0 Å². The zero-order valence-electron chi connectivity index (χ0n) is 20.9. The van der Waals surface area contributed by atoms with E-state index in [1.807, 2.05) is 24.3 Å². The van der Waals surface area contributed by atoms with Gasteiger partial charge in [-0.25, -0.2) is 4.99 Å². The van der Waals surface area contributed by atoms with Gasteiger partial charge in [-0.2, -0.15) is 0 Å². The Morgan fingerprint density at radius 3 is 2.24 bits per heavy atom. The van der Waals surface area contributed by atoms with E-state index in [0.29, 0.717) is 27.8 Å². The van der Waals surface area contributed by atoms with Gasteiger partial charge in [-0.1, -0.05) is 42.4 Å². The number of nitrogens with one attached hydrogen (secondary N) is 2. The van der Waals surface area contributed by atoms with Crippen LogP contribution in [0.1, 0.15) is 17.2 Å². The van der Waals surface area contributed by atoms with Crippen LogP contribution < -0.4 is 27.0 Å². The van der Waals surface area contributed by atoms with E-state index in [1.54, 1.807) is 48.7 Å². The van der Waals surface area contributed by atoms with Crippen LogP contribution in [0.25, 0.3) is 5.70 Å². The van der Waals surface area contributed by atoms with Crippen LogP contribution in [0.15, 0.2) is 96.3 Å². The van der Waals surface area contributed by atoms with E-state index in [-0.39, 0.29) is 5.91 Å². The number of hydrogen-bond acceptors (Lipinski definition) is 7. The van der Waals surface area contributed by atoms with Crippen LogP contribution in [-0.2, 0) is 9.53 Å². The molecule has 3 aromatic rings. The molecule has 1 amide bonds. The molecule has 1 saturated heterocycles. The van der Waals surface area contributed by atoms with Gasteiger partial charge in [-0.15, -0.1) is 0 Å². The summed E-state index contributed by atoms with van der Waals surface area (Å²) in [6, 6.07) is 21.3. The first-order valence-electron chi connectivity index (χ1n) is 12.2. The van der Waals surface area contributed by atoms with Gasteiger partial charge in [-0.3, -0.25) is 4.79 Å². The number of halogens is 1. The van der Waals surface area contributed by atoms with E-state index in [2.05, 4.69) is 39.2 Å². The Bertz CT molecular complexity index is 1300. The highest BCUT2D eigenvalue weighted by molar-refractivity contribution is 6.30. The number of nitrogens with zero attached hydrogens (tertiary/aromatic N) is 2. The fourth-order valence-corrected chi connectivity index (χ4v) is 3.99. The van der Waals surface area contributed by atoms with Gasteiger partial charge in [-0.05, 0) is 65.7 Å². The van der Waals surface area contributed by atoms with Crippen LogP contribution in [0, 0.1) is 0 Å². The molecule has 0 aliphatic carbocycles.